The summed E-state index contributed by atoms with van der Waals surface area (Å²) in [7, 11) is 0. The number of hydrogen-bond donors (Lipinski definition) is 2. The van der Waals surface area contributed by atoms with Crippen molar-refractivity contribution in [3.63, 3.8) is 0 Å². The van der Waals surface area contributed by atoms with Crippen molar-refractivity contribution in [1.82, 2.24) is 15.2 Å². The molecule has 4 aromatic rings. The first kappa shape index (κ1) is 24.0. The number of rotatable bonds is 2. The third kappa shape index (κ3) is 4.27. The molecular weight excluding hydrogens is 490 g/mol. The van der Waals surface area contributed by atoms with E-state index in [-0.39, 0.29) is 22.8 Å². The van der Waals surface area contributed by atoms with Gasteiger partial charge in [0.05, 0.1) is 12.1 Å². The molecule has 0 unspecified atom stereocenters. The molecule has 3 aliphatic rings. The van der Waals surface area contributed by atoms with Gasteiger partial charge in [0.25, 0.3) is 5.56 Å². The monoisotopic (exact) mass is 521 g/mol. The number of carbonyl (C=O) groups excluding carboxylic acids is 1. The number of nitrogens with one attached hydrogen (secondary N) is 2. The van der Waals surface area contributed by atoms with Gasteiger partial charge in [-0.1, -0.05) is 42.5 Å². The van der Waals surface area contributed by atoms with Crippen LogP contribution in [0, 0.1) is 12.3 Å². The number of H-pyrrole nitrogens is 1. The van der Waals surface area contributed by atoms with Gasteiger partial charge >= 0.3 is 0 Å². The van der Waals surface area contributed by atoms with Crippen molar-refractivity contribution in [2.24, 2.45) is 5.41 Å². The van der Waals surface area contributed by atoms with Crippen LogP contribution in [0.5, 0.6) is 17.2 Å². The lowest BCUT2D eigenvalue weighted by atomic mass is 9.73. The van der Waals surface area contributed by atoms with Gasteiger partial charge in [-0.3, -0.25) is 14.5 Å². The molecule has 4 heterocycles. The highest BCUT2D eigenvalue weighted by molar-refractivity contribution is 5.82. The van der Waals surface area contributed by atoms with E-state index in [4.69, 9.17) is 9.47 Å². The smallest absolute Gasteiger partial charge is 0.252 e. The summed E-state index contributed by atoms with van der Waals surface area (Å²) in [6.07, 6.45) is 1.07. The number of likely N-dealkylation sites (tertiary alicyclic amines) is 1. The van der Waals surface area contributed by atoms with Crippen LogP contribution in [0.1, 0.15) is 34.6 Å². The molecule has 3 aliphatic heterocycles. The van der Waals surface area contributed by atoms with Gasteiger partial charge in [-0.15, -0.1) is 0 Å². The fourth-order valence-corrected chi connectivity index (χ4v) is 6.55. The maximum absolute atomic E-state index is 13.1. The molecule has 198 valence electrons. The van der Waals surface area contributed by atoms with Crippen molar-refractivity contribution >= 4 is 16.8 Å². The van der Waals surface area contributed by atoms with Crippen LogP contribution in [0.25, 0.3) is 10.9 Å². The molecule has 1 spiro atoms. The van der Waals surface area contributed by atoms with Crippen LogP contribution in [-0.4, -0.2) is 42.0 Å². The number of ether oxygens (including phenoxy) is 2. The van der Waals surface area contributed by atoms with E-state index in [9.17, 15) is 9.59 Å². The predicted octanol–water partition coefficient (Wildman–Crippen LogP) is 4.67. The summed E-state index contributed by atoms with van der Waals surface area (Å²) in [6, 6.07) is 22.1. The van der Waals surface area contributed by atoms with E-state index in [0.717, 1.165) is 51.2 Å². The van der Waals surface area contributed by atoms with Crippen LogP contribution in [0.15, 0.2) is 71.5 Å². The maximum Gasteiger partial charge on any atom is 0.252 e. The zero-order chi connectivity index (χ0) is 26.6. The summed E-state index contributed by atoms with van der Waals surface area (Å²) >= 11 is 0. The summed E-state index contributed by atoms with van der Waals surface area (Å²) in [5, 5.41) is 4.26. The van der Waals surface area contributed by atoms with Crippen LogP contribution >= 0.6 is 0 Å². The normalized spacial score (nSPS) is 22.5. The van der Waals surface area contributed by atoms with E-state index in [1.807, 2.05) is 67.6 Å². The first-order chi connectivity index (χ1) is 19.0. The van der Waals surface area contributed by atoms with Crippen LogP contribution in [-0.2, 0) is 17.8 Å². The van der Waals surface area contributed by atoms with E-state index < -0.39 is 0 Å². The molecule has 2 atom stereocenters. The fraction of sp³-hybridized carbons (Fsp3) is 0.312. The quantitative estimate of drug-likeness (QED) is 0.401. The van der Waals surface area contributed by atoms with Crippen molar-refractivity contribution < 1.29 is 14.3 Å². The Morgan fingerprint density at radius 2 is 1.90 bits per heavy atom. The highest BCUT2D eigenvalue weighted by atomic mass is 16.5. The number of fused-ring (bicyclic) bond motifs is 5. The molecule has 1 amide bonds. The maximum atomic E-state index is 13.1. The molecular formula is C32H31N3O4. The third-order valence-corrected chi connectivity index (χ3v) is 8.57. The second-order valence-corrected chi connectivity index (χ2v) is 11.2. The Morgan fingerprint density at radius 1 is 1.03 bits per heavy atom. The number of hydrogen-bond acceptors (Lipinski definition) is 5. The molecule has 1 fully saturated rings. The summed E-state index contributed by atoms with van der Waals surface area (Å²) in [4.78, 5) is 31.4. The Labute approximate surface area is 226 Å². The van der Waals surface area contributed by atoms with Crippen molar-refractivity contribution in [3.05, 3.63) is 99.3 Å². The first-order valence-corrected chi connectivity index (χ1v) is 13.6. The molecule has 0 saturated carbocycles. The Hall–Kier alpha value is -4.10. The lowest BCUT2D eigenvalue weighted by molar-refractivity contribution is -0.121. The average molecular weight is 522 g/mol. The number of pyridine rings is 1. The fourth-order valence-electron chi connectivity index (χ4n) is 6.55. The van der Waals surface area contributed by atoms with Gasteiger partial charge in [-0.05, 0) is 54.1 Å². The van der Waals surface area contributed by atoms with Crippen LogP contribution in [0.3, 0.4) is 0 Å². The molecule has 3 aromatic carbocycles. The van der Waals surface area contributed by atoms with Crippen molar-refractivity contribution in [3.8, 4) is 17.2 Å². The lowest BCUT2D eigenvalue weighted by Crippen LogP contribution is -2.48. The Kier molecular flexibility index (Phi) is 5.70. The van der Waals surface area contributed by atoms with E-state index in [1.165, 1.54) is 0 Å². The van der Waals surface area contributed by atoms with E-state index >= 15 is 0 Å². The van der Waals surface area contributed by atoms with Gasteiger partial charge < -0.3 is 19.8 Å². The van der Waals surface area contributed by atoms with Crippen LogP contribution in [0.4, 0.5) is 0 Å². The number of nitrogens with zero attached hydrogens (tertiary/aromatic N) is 1. The van der Waals surface area contributed by atoms with Gasteiger partial charge in [-0.2, -0.15) is 0 Å². The van der Waals surface area contributed by atoms with E-state index in [1.54, 1.807) is 0 Å². The topological polar surface area (TPSA) is 83.7 Å². The third-order valence-electron chi connectivity index (χ3n) is 8.57. The minimum atomic E-state index is -0.306. The summed E-state index contributed by atoms with van der Waals surface area (Å²) in [5.74, 6) is 2.37. The molecule has 39 heavy (non-hydrogen) atoms. The van der Waals surface area contributed by atoms with E-state index in [2.05, 4.69) is 21.3 Å². The standard InChI is InChI=1S/C32H31N3O4/c1-20-5-2-7-22-14-23(31(37)34-29(20)22)15-35-16-26-25-9-4-10-27-30(25)38-19-32(26,18-35)17-33-28(36)12-11-21-6-3-8-24(13-21)39-27/h2-10,13-14,26H,11-12,15-19H2,1H3,(H,33,36)(H,34,37)/t26-,32+/m1/s1. The summed E-state index contributed by atoms with van der Waals surface area (Å²) in [5.41, 5.74) is 4.48. The zero-order valence-corrected chi connectivity index (χ0v) is 22.0. The highest BCUT2D eigenvalue weighted by Crippen LogP contribution is 2.52. The second kappa shape index (κ2) is 9.27. The number of carbonyl (C=O) groups is 1. The van der Waals surface area contributed by atoms with Crippen LogP contribution in [0.2, 0.25) is 0 Å². The van der Waals surface area contributed by atoms with Gasteiger partial charge in [0.1, 0.15) is 5.75 Å². The summed E-state index contributed by atoms with van der Waals surface area (Å²) < 4.78 is 12.8. The molecule has 0 aliphatic carbocycles. The molecule has 0 radical (unpaired) electrons. The second-order valence-electron chi connectivity index (χ2n) is 11.2. The Balaban J connectivity index is 1.25. The van der Waals surface area contributed by atoms with Gasteiger partial charge in [0.15, 0.2) is 11.5 Å². The molecule has 2 N–H and O–H groups in total. The summed E-state index contributed by atoms with van der Waals surface area (Å²) in [6.45, 7) is 5.00. The Morgan fingerprint density at radius 3 is 2.82 bits per heavy atom. The molecule has 1 saturated heterocycles. The molecule has 1 aromatic heterocycles. The van der Waals surface area contributed by atoms with Gasteiger partial charge in [0, 0.05) is 55.1 Å². The van der Waals surface area contributed by atoms with Crippen molar-refractivity contribution in [2.45, 2.75) is 32.2 Å². The minimum absolute atomic E-state index is 0.0332. The highest BCUT2D eigenvalue weighted by Gasteiger charge is 2.52. The number of benzene rings is 3. The van der Waals surface area contributed by atoms with Crippen LogP contribution < -0.4 is 20.3 Å². The van der Waals surface area contributed by atoms with Gasteiger partial charge in [0.2, 0.25) is 5.91 Å². The molecule has 7 nitrogen and oxygen atoms in total. The van der Waals surface area contributed by atoms with Gasteiger partial charge in [-0.25, -0.2) is 0 Å². The first-order valence-electron chi connectivity index (χ1n) is 13.6. The van der Waals surface area contributed by atoms with Crippen molar-refractivity contribution in [1.29, 1.82) is 0 Å². The average Bonchev–Trinajstić information content (AvgIpc) is 3.31. The zero-order valence-electron chi connectivity index (χ0n) is 22.0. The molecule has 4 bridgehead atoms. The number of aryl methyl sites for hydroxylation is 2. The SMILES string of the molecule is Cc1cccc2cc(CN3C[C@@H]4c5cccc6c5OC[C@]4(CNC(=O)CCc4cccc(c4)O6)C3)c(=O)[nH]c12. The molecule has 7 heteroatoms. The Bertz CT molecular complexity index is 1660. The van der Waals surface area contributed by atoms with E-state index in [0.29, 0.717) is 44.8 Å². The number of para-hydroxylation sites is 2. The molecule has 7 rings (SSSR count). The van der Waals surface area contributed by atoms with Crippen molar-refractivity contribution in [2.75, 3.05) is 26.2 Å². The predicted molar refractivity (Wildman–Crippen MR) is 150 cm³/mol. The largest absolute Gasteiger partial charge is 0.489 e. The number of aromatic nitrogens is 1. The number of amides is 1. The lowest BCUT2D eigenvalue weighted by Gasteiger charge is -2.40. The number of aromatic amines is 1. The minimum Gasteiger partial charge on any atom is -0.489 e.